The lowest BCUT2D eigenvalue weighted by Gasteiger charge is -2.22. The molecule has 0 saturated heterocycles. The second-order valence-corrected chi connectivity index (χ2v) is 10.1. The van der Waals surface area contributed by atoms with Crippen molar-refractivity contribution in [2.24, 2.45) is 5.73 Å². The fraction of sp³-hybridized carbons (Fsp3) is 0.381. The molecule has 2 rings (SSSR count). The number of ether oxygens (including phenoxy) is 1. The number of halogens is 3. The fourth-order valence-corrected chi connectivity index (χ4v) is 5.94. The van der Waals surface area contributed by atoms with Crippen LogP contribution in [0.3, 0.4) is 0 Å². The van der Waals surface area contributed by atoms with Gasteiger partial charge in [-0.2, -0.15) is 0 Å². The van der Waals surface area contributed by atoms with Crippen LogP contribution in [0.15, 0.2) is 6.07 Å². The van der Waals surface area contributed by atoms with Crippen LogP contribution in [-0.4, -0.2) is 17.1 Å². The van der Waals surface area contributed by atoms with Crippen LogP contribution in [0.25, 0.3) is 0 Å². The van der Waals surface area contributed by atoms with Crippen molar-refractivity contribution in [3.63, 3.8) is 0 Å². The van der Waals surface area contributed by atoms with Gasteiger partial charge in [-0.25, -0.2) is 0 Å². The van der Waals surface area contributed by atoms with Crippen LogP contribution in [0.2, 0.25) is 0 Å². The second kappa shape index (κ2) is 9.78. The van der Waals surface area contributed by atoms with E-state index in [4.69, 9.17) is 10.5 Å². The lowest BCUT2D eigenvalue weighted by Crippen LogP contribution is -2.33. The highest BCUT2D eigenvalue weighted by atomic mass is 127. The SMILES string of the molecule is CCc1cc(C)c(Oc2c(I)c(C)c(CC(N)C(=O)O)c(C)c2I)c(C)c1I. The Labute approximate surface area is 207 Å². The zero-order valence-corrected chi connectivity index (χ0v) is 23.0. The molecule has 2 aromatic carbocycles. The van der Waals surface area contributed by atoms with Gasteiger partial charge in [-0.15, -0.1) is 0 Å². The summed E-state index contributed by atoms with van der Waals surface area (Å²) in [6.45, 7) is 10.4. The lowest BCUT2D eigenvalue weighted by molar-refractivity contribution is -0.138. The zero-order chi connectivity index (χ0) is 21.3. The van der Waals surface area contributed by atoms with Gasteiger partial charge in [-0.05, 0) is 136 Å². The Morgan fingerprint density at radius 3 is 2.04 bits per heavy atom. The molecule has 0 aliphatic rings. The number of carboxylic acid groups (broad SMARTS) is 1. The second-order valence-electron chi connectivity index (χ2n) is 6.91. The number of nitrogens with two attached hydrogens (primary N) is 1. The molecule has 0 aliphatic carbocycles. The average Bonchev–Trinajstić information content (AvgIpc) is 2.65. The summed E-state index contributed by atoms with van der Waals surface area (Å²) in [5.41, 5.74) is 12.4. The van der Waals surface area contributed by atoms with E-state index in [1.54, 1.807) is 0 Å². The smallest absolute Gasteiger partial charge is 0.320 e. The molecule has 0 aliphatic heterocycles. The average molecular weight is 719 g/mol. The number of aryl methyl sites for hydroxylation is 2. The normalized spacial score (nSPS) is 12.2. The monoisotopic (exact) mass is 719 g/mol. The summed E-state index contributed by atoms with van der Waals surface area (Å²) in [6, 6.07) is 1.28. The molecular weight excluding hydrogens is 695 g/mol. The van der Waals surface area contributed by atoms with Crippen LogP contribution in [0.1, 0.15) is 40.3 Å². The number of aliphatic carboxylic acids is 1. The molecule has 2 aromatic rings. The fourth-order valence-electron chi connectivity index (χ4n) is 3.23. The van der Waals surface area contributed by atoms with Crippen LogP contribution < -0.4 is 10.5 Å². The minimum atomic E-state index is -0.985. The van der Waals surface area contributed by atoms with Crippen molar-refractivity contribution in [1.29, 1.82) is 0 Å². The van der Waals surface area contributed by atoms with Crippen LogP contribution >= 0.6 is 67.8 Å². The van der Waals surface area contributed by atoms with Gasteiger partial charge in [0, 0.05) is 9.13 Å². The largest absolute Gasteiger partial charge is 0.480 e. The molecule has 0 fully saturated rings. The lowest BCUT2D eigenvalue weighted by atomic mass is 9.96. The number of hydrogen-bond donors (Lipinski definition) is 2. The predicted octanol–water partition coefficient (Wildman–Crippen LogP) is 6.04. The van der Waals surface area contributed by atoms with E-state index in [0.717, 1.165) is 52.9 Å². The van der Waals surface area contributed by atoms with Crippen molar-refractivity contribution in [3.05, 3.63) is 50.2 Å². The van der Waals surface area contributed by atoms with Crippen molar-refractivity contribution < 1.29 is 14.6 Å². The summed E-state index contributed by atoms with van der Waals surface area (Å²) in [7, 11) is 0. The van der Waals surface area contributed by atoms with Crippen molar-refractivity contribution >= 4 is 73.7 Å². The van der Waals surface area contributed by atoms with Gasteiger partial charge in [-0.1, -0.05) is 13.0 Å². The predicted molar refractivity (Wildman–Crippen MR) is 139 cm³/mol. The van der Waals surface area contributed by atoms with Gasteiger partial charge in [-0.3, -0.25) is 4.79 Å². The summed E-state index contributed by atoms with van der Waals surface area (Å²) < 4.78 is 9.71. The van der Waals surface area contributed by atoms with E-state index in [2.05, 4.69) is 94.6 Å². The Morgan fingerprint density at radius 2 is 1.57 bits per heavy atom. The Bertz CT molecular complexity index is 912. The Hall–Kier alpha value is -0.140. The number of hydrogen-bond acceptors (Lipinski definition) is 3. The first kappa shape index (κ1) is 24.1. The summed E-state index contributed by atoms with van der Waals surface area (Å²) in [5.74, 6) is 0.738. The van der Waals surface area contributed by atoms with Gasteiger partial charge < -0.3 is 15.6 Å². The van der Waals surface area contributed by atoms with Crippen LogP contribution in [0, 0.1) is 38.4 Å². The number of carbonyl (C=O) groups is 1. The summed E-state index contributed by atoms with van der Waals surface area (Å²) in [5, 5.41) is 9.19. The standard InChI is InChI=1S/C21H24I3NO3/c1-6-13-7-9(2)19(12(5)16(13)22)28-20-17(23)10(3)14(11(4)18(20)24)8-15(25)21(26)27/h7,15H,6,8,25H2,1-5H3,(H,26,27). The third kappa shape index (κ3) is 4.77. The highest BCUT2D eigenvalue weighted by molar-refractivity contribution is 14.1. The molecular formula is C21H24I3NO3. The van der Waals surface area contributed by atoms with Gasteiger partial charge in [0.2, 0.25) is 0 Å². The van der Waals surface area contributed by atoms with Gasteiger partial charge in [0.25, 0.3) is 0 Å². The van der Waals surface area contributed by atoms with Gasteiger partial charge >= 0.3 is 5.97 Å². The molecule has 1 atom stereocenters. The maximum Gasteiger partial charge on any atom is 0.320 e. The molecule has 28 heavy (non-hydrogen) atoms. The highest BCUT2D eigenvalue weighted by Crippen LogP contribution is 2.41. The molecule has 4 nitrogen and oxygen atoms in total. The van der Waals surface area contributed by atoms with E-state index >= 15 is 0 Å². The first-order valence-electron chi connectivity index (χ1n) is 8.92. The third-order valence-electron chi connectivity index (χ3n) is 4.99. The molecule has 0 saturated carbocycles. The van der Waals surface area contributed by atoms with Crippen molar-refractivity contribution in [1.82, 2.24) is 0 Å². The van der Waals surface area contributed by atoms with E-state index in [9.17, 15) is 9.90 Å². The van der Waals surface area contributed by atoms with E-state index in [-0.39, 0.29) is 0 Å². The third-order valence-corrected chi connectivity index (χ3v) is 9.09. The molecule has 3 N–H and O–H groups in total. The van der Waals surface area contributed by atoms with Gasteiger partial charge in [0.1, 0.15) is 11.8 Å². The molecule has 0 amide bonds. The van der Waals surface area contributed by atoms with E-state index in [0.29, 0.717) is 6.42 Å². The van der Waals surface area contributed by atoms with Gasteiger partial charge in [0.05, 0.1) is 7.14 Å². The van der Waals surface area contributed by atoms with Crippen molar-refractivity contribution in [3.8, 4) is 11.5 Å². The summed E-state index contributed by atoms with van der Waals surface area (Å²) in [6.07, 6.45) is 1.30. The van der Waals surface area contributed by atoms with E-state index in [1.165, 1.54) is 9.13 Å². The number of carboxylic acids is 1. The van der Waals surface area contributed by atoms with Crippen molar-refractivity contribution in [2.45, 2.75) is 53.5 Å². The molecule has 0 radical (unpaired) electrons. The summed E-state index contributed by atoms with van der Waals surface area (Å²) >= 11 is 6.97. The van der Waals surface area contributed by atoms with Crippen molar-refractivity contribution in [2.75, 3.05) is 0 Å². The molecule has 7 heteroatoms. The molecule has 1 unspecified atom stereocenters. The highest BCUT2D eigenvalue weighted by Gasteiger charge is 2.23. The Morgan fingerprint density at radius 1 is 1.04 bits per heavy atom. The minimum Gasteiger partial charge on any atom is -0.480 e. The van der Waals surface area contributed by atoms with Gasteiger partial charge in [0.15, 0.2) is 5.75 Å². The molecule has 0 spiro atoms. The minimum absolute atomic E-state index is 0.306. The molecule has 0 heterocycles. The van der Waals surface area contributed by atoms with Crippen LogP contribution in [-0.2, 0) is 17.6 Å². The Balaban J connectivity index is 2.58. The first-order valence-corrected chi connectivity index (χ1v) is 12.2. The maximum absolute atomic E-state index is 11.2. The molecule has 0 aromatic heterocycles. The molecule has 0 bridgehead atoms. The Kier molecular flexibility index (Phi) is 8.43. The first-order chi connectivity index (χ1) is 13.0. The maximum atomic E-state index is 11.2. The van der Waals surface area contributed by atoms with E-state index < -0.39 is 12.0 Å². The number of rotatable bonds is 6. The molecule has 152 valence electrons. The van der Waals surface area contributed by atoms with E-state index in [1.807, 2.05) is 13.8 Å². The van der Waals surface area contributed by atoms with Crippen LogP contribution in [0.4, 0.5) is 0 Å². The number of benzene rings is 2. The topological polar surface area (TPSA) is 72.5 Å². The van der Waals surface area contributed by atoms with Crippen LogP contribution in [0.5, 0.6) is 11.5 Å². The zero-order valence-electron chi connectivity index (χ0n) is 16.5. The summed E-state index contributed by atoms with van der Waals surface area (Å²) in [4.78, 5) is 11.2. The quantitative estimate of drug-likeness (QED) is 0.358.